The largest absolute Gasteiger partial charge is 0.280 e. The van der Waals surface area contributed by atoms with Crippen molar-refractivity contribution in [1.29, 1.82) is 0 Å². The van der Waals surface area contributed by atoms with E-state index in [0.717, 1.165) is 12.1 Å². The molecule has 1 N–H and O–H groups in total. The van der Waals surface area contributed by atoms with E-state index in [9.17, 15) is 16.8 Å². The zero-order valence-electron chi connectivity index (χ0n) is 9.82. The lowest BCUT2D eigenvalue weighted by Gasteiger charge is -2.14. The molecule has 0 aliphatic rings. The van der Waals surface area contributed by atoms with Crippen LogP contribution in [0.2, 0.25) is 10.0 Å². The van der Waals surface area contributed by atoms with Crippen LogP contribution in [0, 0.1) is 0 Å². The highest BCUT2D eigenvalue weighted by Gasteiger charge is 2.21. The Morgan fingerprint density at radius 2 is 1.47 bits per heavy atom. The summed E-state index contributed by atoms with van der Waals surface area (Å²) < 4.78 is 47.9. The van der Waals surface area contributed by atoms with E-state index in [1.54, 1.807) is 0 Å². The Hall–Kier alpha value is -0.210. The van der Waals surface area contributed by atoms with Gasteiger partial charge in [0.1, 0.15) is 0 Å². The first-order chi connectivity index (χ1) is 8.45. The molecule has 0 aliphatic heterocycles. The zero-order valence-corrected chi connectivity index (χ0v) is 13.7. The van der Waals surface area contributed by atoms with Crippen molar-refractivity contribution in [3.05, 3.63) is 22.2 Å². The van der Waals surface area contributed by atoms with Gasteiger partial charge in [0.05, 0.1) is 25.9 Å². The summed E-state index contributed by atoms with van der Waals surface area (Å²) >= 11 is 11.6. The number of nitrogens with one attached hydrogen (secondary N) is 1. The fraction of sp³-hybridized carbons (Fsp3) is 0.333. The van der Waals surface area contributed by atoms with Gasteiger partial charge in [-0.1, -0.05) is 23.2 Å². The molecule has 0 radical (unpaired) electrons. The minimum atomic E-state index is -4.00. The van der Waals surface area contributed by atoms with Gasteiger partial charge in [0.25, 0.3) is 9.05 Å². The van der Waals surface area contributed by atoms with Crippen molar-refractivity contribution in [2.45, 2.75) is 24.0 Å². The predicted molar refractivity (Wildman–Crippen MR) is 77.2 cm³/mol. The summed E-state index contributed by atoms with van der Waals surface area (Å²) in [6, 6.07) is 2.04. The Bertz CT molecular complexity index is 675. The summed E-state index contributed by atoms with van der Waals surface area (Å²) in [6.07, 6.45) is 0. The second kappa shape index (κ2) is 5.65. The molecule has 0 heterocycles. The Kier molecular flexibility index (Phi) is 5.01. The van der Waals surface area contributed by atoms with Gasteiger partial charge in [0, 0.05) is 10.7 Å². The van der Waals surface area contributed by atoms with Crippen molar-refractivity contribution in [3.8, 4) is 0 Å². The summed E-state index contributed by atoms with van der Waals surface area (Å²) in [5, 5.41) is -1.01. The molecule has 0 aliphatic carbocycles. The highest BCUT2D eigenvalue weighted by molar-refractivity contribution is 8.13. The van der Waals surface area contributed by atoms with Gasteiger partial charge in [-0.2, -0.15) is 0 Å². The molecule has 0 spiro atoms. The molecule has 108 valence electrons. The average Bonchev–Trinajstić information content (AvgIpc) is 2.21. The summed E-state index contributed by atoms with van der Waals surface area (Å²) in [5.74, 6) is 0. The fourth-order valence-corrected chi connectivity index (χ4v) is 3.40. The first kappa shape index (κ1) is 16.8. The maximum Gasteiger partial charge on any atom is 0.261 e. The maximum atomic E-state index is 11.7. The van der Waals surface area contributed by atoms with Gasteiger partial charge in [0.2, 0.25) is 10.0 Å². The van der Waals surface area contributed by atoms with Gasteiger partial charge in [-0.15, -0.1) is 0 Å². The standard InChI is InChI=1S/C9H10Cl3NO4S2/c1-5(2)19(16,17)13-9-7(10)3-6(4-8(9)11)18(12,14)15/h3-5,13H,1-2H3. The summed E-state index contributed by atoms with van der Waals surface area (Å²) in [6.45, 7) is 2.95. The number of hydrogen-bond acceptors (Lipinski definition) is 4. The van der Waals surface area contributed by atoms with E-state index in [-0.39, 0.29) is 20.6 Å². The van der Waals surface area contributed by atoms with Crippen molar-refractivity contribution >= 4 is 58.6 Å². The number of anilines is 1. The first-order valence-corrected chi connectivity index (χ1v) is 9.51. The van der Waals surface area contributed by atoms with Crippen LogP contribution < -0.4 is 4.72 Å². The van der Waals surface area contributed by atoms with Crippen LogP contribution >= 0.6 is 33.9 Å². The van der Waals surface area contributed by atoms with E-state index < -0.39 is 24.3 Å². The smallest absolute Gasteiger partial charge is 0.261 e. The van der Waals surface area contributed by atoms with Crippen LogP contribution in [0.25, 0.3) is 0 Å². The highest BCUT2D eigenvalue weighted by atomic mass is 35.7. The van der Waals surface area contributed by atoms with Crippen molar-refractivity contribution in [3.63, 3.8) is 0 Å². The molecule has 0 bridgehead atoms. The Balaban J connectivity index is 3.35. The highest BCUT2D eigenvalue weighted by Crippen LogP contribution is 2.35. The molecular weight excluding hydrogens is 357 g/mol. The topological polar surface area (TPSA) is 80.3 Å². The van der Waals surface area contributed by atoms with Crippen LogP contribution in [0.4, 0.5) is 5.69 Å². The quantitative estimate of drug-likeness (QED) is 0.830. The van der Waals surface area contributed by atoms with Crippen LogP contribution in [0.15, 0.2) is 17.0 Å². The molecule has 0 aromatic heterocycles. The van der Waals surface area contributed by atoms with Crippen LogP contribution in [-0.4, -0.2) is 22.1 Å². The van der Waals surface area contributed by atoms with E-state index in [4.69, 9.17) is 33.9 Å². The molecule has 0 amide bonds. The lowest BCUT2D eigenvalue weighted by molar-refractivity contribution is 0.592. The normalized spacial score (nSPS) is 12.7. The third kappa shape index (κ3) is 4.13. The van der Waals surface area contributed by atoms with Gasteiger partial charge in [-0.3, -0.25) is 4.72 Å². The molecule has 5 nitrogen and oxygen atoms in total. The van der Waals surface area contributed by atoms with E-state index >= 15 is 0 Å². The molecule has 10 heteroatoms. The molecule has 0 fully saturated rings. The number of sulfonamides is 1. The number of benzene rings is 1. The van der Waals surface area contributed by atoms with Gasteiger partial charge < -0.3 is 0 Å². The SMILES string of the molecule is CC(C)S(=O)(=O)Nc1c(Cl)cc(S(=O)(=O)Cl)cc1Cl. The fourth-order valence-electron chi connectivity index (χ4n) is 1.05. The molecule has 0 saturated heterocycles. The van der Waals surface area contributed by atoms with E-state index in [1.165, 1.54) is 13.8 Å². The second-order valence-corrected chi connectivity index (χ2v) is 9.51. The van der Waals surface area contributed by atoms with Gasteiger partial charge in [-0.05, 0) is 26.0 Å². The van der Waals surface area contributed by atoms with Gasteiger partial charge >= 0.3 is 0 Å². The molecule has 0 atom stereocenters. The van der Waals surface area contributed by atoms with Crippen molar-refractivity contribution in [1.82, 2.24) is 0 Å². The Labute approximate surface area is 126 Å². The summed E-state index contributed by atoms with van der Waals surface area (Å²) in [5.41, 5.74) is -0.0823. The molecule has 19 heavy (non-hydrogen) atoms. The molecule has 0 unspecified atom stereocenters. The van der Waals surface area contributed by atoms with Crippen molar-refractivity contribution in [2.75, 3.05) is 4.72 Å². The lowest BCUT2D eigenvalue weighted by Crippen LogP contribution is -2.22. The number of hydrogen-bond donors (Lipinski definition) is 1. The van der Waals surface area contributed by atoms with E-state index in [2.05, 4.69) is 4.72 Å². The summed E-state index contributed by atoms with van der Waals surface area (Å²) in [4.78, 5) is -0.309. The molecule has 1 rings (SSSR count). The Morgan fingerprint density at radius 1 is 1.05 bits per heavy atom. The second-order valence-electron chi connectivity index (χ2n) is 3.90. The monoisotopic (exact) mass is 365 g/mol. The van der Waals surface area contributed by atoms with Crippen LogP contribution in [-0.2, 0) is 19.1 Å². The molecular formula is C9H10Cl3NO4S2. The maximum absolute atomic E-state index is 11.7. The van der Waals surface area contributed by atoms with E-state index in [0.29, 0.717) is 0 Å². The van der Waals surface area contributed by atoms with Crippen LogP contribution in [0.1, 0.15) is 13.8 Å². The third-order valence-electron chi connectivity index (χ3n) is 2.16. The van der Waals surface area contributed by atoms with Crippen molar-refractivity contribution < 1.29 is 16.8 Å². The molecule has 0 saturated carbocycles. The molecule has 1 aromatic carbocycles. The zero-order chi connectivity index (χ0) is 15.0. The minimum absolute atomic E-state index is 0.0823. The minimum Gasteiger partial charge on any atom is -0.280 e. The van der Waals surface area contributed by atoms with Crippen LogP contribution in [0.5, 0.6) is 0 Å². The van der Waals surface area contributed by atoms with Crippen molar-refractivity contribution in [2.24, 2.45) is 0 Å². The number of rotatable bonds is 4. The van der Waals surface area contributed by atoms with Gasteiger partial charge in [0.15, 0.2) is 0 Å². The van der Waals surface area contributed by atoms with Gasteiger partial charge in [-0.25, -0.2) is 16.8 Å². The Morgan fingerprint density at radius 3 is 1.79 bits per heavy atom. The third-order valence-corrected chi connectivity index (χ3v) is 5.82. The first-order valence-electron chi connectivity index (χ1n) is 4.90. The molecule has 1 aromatic rings. The predicted octanol–water partition coefficient (Wildman–Crippen LogP) is 3.07. The lowest BCUT2D eigenvalue weighted by atomic mass is 10.3. The summed E-state index contributed by atoms with van der Waals surface area (Å²) in [7, 11) is -2.49. The average molecular weight is 367 g/mol. The van der Waals surface area contributed by atoms with Crippen LogP contribution in [0.3, 0.4) is 0 Å². The van der Waals surface area contributed by atoms with E-state index in [1.807, 2.05) is 0 Å². The number of halogens is 3.